The first kappa shape index (κ1) is 14.1. The predicted octanol–water partition coefficient (Wildman–Crippen LogP) is 4.16. The highest BCUT2D eigenvalue weighted by molar-refractivity contribution is 5.97. The lowest BCUT2D eigenvalue weighted by atomic mass is 10.1. The fourth-order valence-electron chi connectivity index (χ4n) is 2.29. The minimum atomic E-state index is -0.326. The molecule has 0 saturated heterocycles. The van der Waals surface area contributed by atoms with Gasteiger partial charge in [-0.3, -0.25) is 4.98 Å². The number of nitrogens with one attached hydrogen (secondary N) is 1. The Labute approximate surface area is 128 Å². The molecule has 3 aromatic rings. The third-order valence-corrected chi connectivity index (χ3v) is 3.30. The maximum atomic E-state index is 12.0. The lowest BCUT2D eigenvalue weighted by Crippen LogP contribution is -2.07. The van der Waals surface area contributed by atoms with Crippen LogP contribution in [0.3, 0.4) is 0 Å². The summed E-state index contributed by atoms with van der Waals surface area (Å²) in [6.07, 6.45) is 1.77. The smallest absolute Gasteiger partial charge is 0.340 e. The number of anilines is 2. The molecule has 0 radical (unpaired) electrons. The van der Waals surface area contributed by atoms with Crippen molar-refractivity contribution < 1.29 is 9.53 Å². The predicted molar refractivity (Wildman–Crippen MR) is 87.4 cm³/mol. The third-order valence-electron chi connectivity index (χ3n) is 3.30. The van der Waals surface area contributed by atoms with Crippen molar-refractivity contribution >= 4 is 28.2 Å². The molecule has 2 aromatic carbocycles. The number of pyridine rings is 1. The quantitative estimate of drug-likeness (QED) is 0.734. The van der Waals surface area contributed by atoms with E-state index in [0.29, 0.717) is 12.2 Å². The molecular formula is C18H16N2O2. The molecule has 0 aliphatic rings. The number of ether oxygens (including phenoxy) is 1. The number of carbonyl (C=O) groups is 1. The van der Waals surface area contributed by atoms with E-state index < -0.39 is 0 Å². The number of carbonyl (C=O) groups excluding carboxylic acids is 1. The molecule has 3 rings (SSSR count). The summed E-state index contributed by atoms with van der Waals surface area (Å²) >= 11 is 0. The Kier molecular flexibility index (Phi) is 4.01. The second kappa shape index (κ2) is 6.26. The van der Waals surface area contributed by atoms with Gasteiger partial charge < -0.3 is 10.1 Å². The number of hydrogen-bond acceptors (Lipinski definition) is 4. The van der Waals surface area contributed by atoms with Crippen LogP contribution in [0.15, 0.2) is 60.8 Å². The fraction of sp³-hybridized carbons (Fsp3) is 0.111. The minimum Gasteiger partial charge on any atom is -0.462 e. The van der Waals surface area contributed by atoms with Crippen LogP contribution in [0.5, 0.6) is 0 Å². The molecule has 0 aliphatic carbocycles. The normalized spacial score (nSPS) is 10.4. The van der Waals surface area contributed by atoms with Crippen molar-refractivity contribution in [2.45, 2.75) is 6.92 Å². The largest absolute Gasteiger partial charge is 0.462 e. The van der Waals surface area contributed by atoms with Gasteiger partial charge in [0.05, 0.1) is 23.4 Å². The molecule has 1 heterocycles. The number of benzene rings is 2. The van der Waals surface area contributed by atoms with Crippen molar-refractivity contribution in [3.05, 3.63) is 66.4 Å². The van der Waals surface area contributed by atoms with Crippen molar-refractivity contribution in [2.75, 3.05) is 11.9 Å². The van der Waals surface area contributed by atoms with E-state index in [0.717, 1.165) is 22.3 Å². The van der Waals surface area contributed by atoms with Crippen molar-refractivity contribution in [1.29, 1.82) is 0 Å². The Morgan fingerprint density at radius 2 is 2.00 bits per heavy atom. The van der Waals surface area contributed by atoms with E-state index in [1.165, 1.54) is 0 Å². The van der Waals surface area contributed by atoms with Gasteiger partial charge in [0.2, 0.25) is 0 Å². The summed E-state index contributed by atoms with van der Waals surface area (Å²) in [7, 11) is 0. The summed E-state index contributed by atoms with van der Waals surface area (Å²) in [5, 5.41) is 4.32. The second-order valence-electron chi connectivity index (χ2n) is 4.80. The van der Waals surface area contributed by atoms with Crippen molar-refractivity contribution in [3.8, 4) is 0 Å². The molecular weight excluding hydrogens is 276 g/mol. The molecule has 0 atom stereocenters. The molecule has 0 bridgehead atoms. The molecule has 0 fully saturated rings. The second-order valence-corrected chi connectivity index (χ2v) is 4.80. The molecule has 0 spiro atoms. The van der Waals surface area contributed by atoms with Crippen LogP contribution in [-0.4, -0.2) is 17.6 Å². The Morgan fingerprint density at radius 1 is 1.14 bits per heavy atom. The summed E-state index contributed by atoms with van der Waals surface area (Å²) in [5.41, 5.74) is 3.09. The highest BCUT2D eigenvalue weighted by Crippen LogP contribution is 2.24. The van der Waals surface area contributed by atoms with Crippen LogP contribution < -0.4 is 5.32 Å². The van der Waals surface area contributed by atoms with Gasteiger partial charge in [-0.2, -0.15) is 0 Å². The SMILES string of the molecule is CCOC(=O)c1ccccc1Nc1ccc2ncccc2c1. The number of esters is 1. The summed E-state index contributed by atoms with van der Waals surface area (Å²) in [5.74, 6) is -0.326. The lowest BCUT2D eigenvalue weighted by Gasteiger charge is -2.11. The van der Waals surface area contributed by atoms with Gasteiger partial charge in [-0.1, -0.05) is 18.2 Å². The standard InChI is InChI=1S/C18H16N2O2/c1-2-22-18(21)15-7-3-4-8-17(15)20-14-9-10-16-13(12-14)6-5-11-19-16/h3-12,20H,2H2,1H3. The summed E-state index contributed by atoms with van der Waals surface area (Å²) in [6, 6.07) is 17.1. The van der Waals surface area contributed by atoms with Gasteiger partial charge in [0.15, 0.2) is 0 Å². The van der Waals surface area contributed by atoms with E-state index in [-0.39, 0.29) is 5.97 Å². The van der Waals surface area contributed by atoms with Gasteiger partial charge in [-0.25, -0.2) is 4.79 Å². The fourth-order valence-corrected chi connectivity index (χ4v) is 2.29. The molecule has 1 N–H and O–H groups in total. The van der Waals surface area contributed by atoms with E-state index in [1.54, 1.807) is 19.2 Å². The zero-order valence-corrected chi connectivity index (χ0v) is 12.2. The molecule has 1 aromatic heterocycles. The van der Waals surface area contributed by atoms with E-state index >= 15 is 0 Å². The van der Waals surface area contributed by atoms with Crippen molar-refractivity contribution in [1.82, 2.24) is 4.98 Å². The zero-order chi connectivity index (χ0) is 15.4. The Morgan fingerprint density at radius 3 is 2.86 bits per heavy atom. The van der Waals surface area contributed by atoms with Crippen LogP contribution in [0.4, 0.5) is 11.4 Å². The number of nitrogens with zero attached hydrogens (tertiary/aromatic N) is 1. The van der Waals surface area contributed by atoms with Gasteiger partial charge in [-0.15, -0.1) is 0 Å². The van der Waals surface area contributed by atoms with Crippen LogP contribution in [0.1, 0.15) is 17.3 Å². The maximum absolute atomic E-state index is 12.0. The highest BCUT2D eigenvalue weighted by Gasteiger charge is 2.11. The molecule has 4 nitrogen and oxygen atoms in total. The van der Waals surface area contributed by atoms with Crippen molar-refractivity contribution in [2.24, 2.45) is 0 Å². The summed E-state index contributed by atoms with van der Waals surface area (Å²) in [6.45, 7) is 2.15. The zero-order valence-electron chi connectivity index (χ0n) is 12.2. The van der Waals surface area contributed by atoms with Gasteiger partial charge in [0.1, 0.15) is 0 Å². The number of rotatable bonds is 4. The van der Waals surface area contributed by atoms with Crippen LogP contribution in [-0.2, 0) is 4.74 Å². The minimum absolute atomic E-state index is 0.326. The molecule has 0 aliphatic heterocycles. The van der Waals surface area contributed by atoms with Crippen LogP contribution in [0.25, 0.3) is 10.9 Å². The molecule has 0 unspecified atom stereocenters. The van der Waals surface area contributed by atoms with E-state index in [4.69, 9.17) is 4.74 Å². The average Bonchev–Trinajstić information content (AvgIpc) is 2.55. The first-order valence-corrected chi connectivity index (χ1v) is 7.16. The summed E-state index contributed by atoms with van der Waals surface area (Å²) in [4.78, 5) is 16.3. The third kappa shape index (κ3) is 2.91. The van der Waals surface area contributed by atoms with E-state index in [9.17, 15) is 4.79 Å². The van der Waals surface area contributed by atoms with Crippen LogP contribution in [0, 0.1) is 0 Å². The molecule has 110 valence electrons. The Hall–Kier alpha value is -2.88. The molecule has 0 amide bonds. The number of fused-ring (bicyclic) bond motifs is 1. The van der Waals surface area contributed by atoms with Gasteiger partial charge in [0.25, 0.3) is 0 Å². The van der Waals surface area contributed by atoms with Crippen LogP contribution in [0.2, 0.25) is 0 Å². The van der Waals surface area contributed by atoms with E-state index in [1.807, 2.05) is 48.5 Å². The monoisotopic (exact) mass is 292 g/mol. The number of hydrogen-bond donors (Lipinski definition) is 1. The number of para-hydroxylation sites is 1. The molecule has 0 saturated carbocycles. The molecule has 4 heteroatoms. The highest BCUT2D eigenvalue weighted by atomic mass is 16.5. The molecule has 22 heavy (non-hydrogen) atoms. The number of aromatic nitrogens is 1. The van der Waals surface area contributed by atoms with Gasteiger partial charge >= 0.3 is 5.97 Å². The Balaban J connectivity index is 1.93. The van der Waals surface area contributed by atoms with Gasteiger partial charge in [-0.05, 0) is 43.3 Å². The average molecular weight is 292 g/mol. The van der Waals surface area contributed by atoms with Gasteiger partial charge in [0, 0.05) is 17.3 Å². The first-order chi connectivity index (χ1) is 10.8. The van der Waals surface area contributed by atoms with Crippen LogP contribution >= 0.6 is 0 Å². The van der Waals surface area contributed by atoms with E-state index in [2.05, 4.69) is 10.3 Å². The first-order valence-electron chi connectivity index (χ1n) is 7.16. The lowest BCUT2D eigenvalue weighted by molar-refractivity contribution is 0.0527. The van der Waals surface area contributed by atoms with Crippen molar-refractivity contribution in [3.63, 3.8) is 0 Å². The topological polar surface area (TPSA) is 51.2 Å². The maximum Gasteiger partial charge on any atom is 0.340 e. The Bertz CT molecular complexity index is 815. The summed E-state index contributed by atoms with van der Waals surface area (Å²) < 4.78 is 5.09.